The lowest BCUT2D eigenvalue weighted by atomic mass is 9.74. The first-order valence-corrected chi connectivity index (χ1v) is 7.24. The summed E-state index contributed by atoms with van der Waals surface area (Å²) in [6.07, 6.45) is 9.66. The Hall–Kier alpha value is -0.120. The molecular formula is C14H25NO2. The van der Waals surface area contributed by atoms with Crippen LogP contribution >= 0.6 is 0 Å². The highest BCUT2D eigenvalue weighted by Gasteiger charge is 2.44. The second kappa shape index (κ2) is 4.87. The first kappa shape index (κ1) is 11.9. The Bertz CT molecular complexity index is 259. The number of hydrogen-bond donors (Lipinski definition) is 1. The molecule has 0 bridgehead atoms. The van der Waals surface area contributed by atoms with E-state index in [1.165, 1.54) is 32.1 Å². The predicted molar refractivity (Wildman–Crippen MR) is 67.1 cm³/mol. The smallest absolute Gasteiger partial charge is 0.0707 e. The molecule has 3 nitrogen and oxygen atoms in total. The van der Waals surface area contributed by atoms with Crippen LogP contribution in [0.1, 0.15) is 44.9 Å². The van der Waals surface area contributed by atoms with Crippen molar-refractivity contribution in [2.75, 3.05) is 20.2 Å². The summed E-state index contributed by atoms with van der Waals surface area (Å²) in [5.74, 6) is 0.850. The molecule has 3 aliphatic rings. The average molecular weight is 239 g/mol. The maximum atomic E-state index is 6.23. The Morgan fingerprint density at radius 1 is 1.29 bits per heavy atom. The molecule has 1 aliphatic heterocycles. The molecule has 98 valence electrons. The van der Waals surface area contributed by atoms with Gasteiger partial charge in [0.2, 0.25) is 0 Å². The number of rotatable bonds is 4. The van der Waals surface area contributed by atoms with E-state index < -0.39 is 0 Å². The lowest BCUT2D eigenvalue weighted by Gasteiger charge is -2.48. The fourth-order valence-electron chi connectivity index (χ4n) is 3.53. The van der Waals surface area contributed by atoms with Crippen molar-refractivity contribution in [3.8, 4) is 0 Å². The summed E-state index contributed by atoms with van der Waals surface area (Å²) in [7, 11) is 2.03. The van der Waals surface area contributed by atoms with E-state index in [4.69, 9.17) is 9.47 Å². The summed E-state index contributed by atoms with van der Waals surface area (Å²) in [5.41, 5.74) is 0.233. The van der Waals surface area contributed by atoms with Crippen molar-refractivity contribution in [2.24, 2.45) is 5.92 Å². The summed E-state index contributed by atoms with van der Waals surface area (Å²) in [5, 5.41) is 3.25. The third kappa shape index (κ3) is 2.51. The lowest BCUT2D eigenvalue weighted by Crippen LogP contribution is -2.49. The molecule has 2 aliphatic carbocycles. The summed E-state index contributed by atoms with van der Waals surface area (Å²) in [6, 6.07) is 0. The SMILES string of the molecule is CNCC1CC(OC2CCOC3(CCC3)C2)C1. The maximum Gasteiger partial charge on any atom is 0.0707 e. The van der Waals surface area contributed by atoms with Crippen LogP contribution in [0.5, 0.6) is 0 Å². The van der Waals surface area contributed by atoms with Crippen LogP contribution in [-0.4, -0.2) is 38.0 Å². The standard InChI is InChI=1S/C14H25NO2/c1-15-10-11-7-13(8-11)17-12-3-6-16-14(9-12)4-2-5-14/h11-13,15H,2-10H2,1H3. The van der Waals surface area contributed by atoms with Gasteiger partial charge in [0.1, 0.15) is 0 Å². The molecule has 0 amide bonds. The van der Waals surface area contributed by atoms with Gasteiger partial charge in [-0.05, 0) is 58.0 Å². The van der Waals surface area contributed by atoms with Crippen molar-refractivity contribution in [1.29, 1.82) is 0 Å². The van der Waals surface area contributed by atoms with E-state index in [-0.39, 0.29) is 5.60 Å². The van der Waals surface area contributed by atoms with Gasteiger partial charge in [-0.2, -0.15) is 0 Å². The number of nitrogens with one attached hydrogen (secondary N) is 1. The minimum absolute atomic E-state index is 0.233. The summed E-state index contributed by atoms with van der Waals surface area (Å²) < 4.78 is 12.2. The predicted octanol–water partition coefficient (Wildman–Crippen LogP) is 2.10. The van der Waals surface area contributed by atoms with E-state index in [1.807, 2.05) is 7.05 Å². The Kier molecular flexibility index (Phi) is 3.42. The molecular weight excluding hydrogens is 214 g/mol. The van der Waals surface area contributed by atoms with Gasteiger partial charge >= 0.3 is 0 Å². The number of ether oxygens (including phenoxy) is 2. The lowest BCUT2D eigenvalue weighted by molar-refractivity contribution is -0.189. The van der Waals surface area contributed by atoms with Gasteiger partial charge in [-0.25, -0.2) is 0 Å². The summed E-state index contributed by atoms with van der Waals surface area (Å²) in [4.78, 5) is 0. The third-order valence-electron chi connectivity index (χ3n) is 4.78. The van der Waals surface area contributed by atoms with Crippen LogP contribution in [0.3, 0.4) is 0 Å². The normalized spacial score (nSPS) is 39.7. The van der Waals surface area contributed by atoms with E-state index in [0.29, 0.717) is 12.2 Å². The van der Waals surface area contributed by atoms with Crippen LogP contribution in [0, 0.1) is 5.92 Å². The topological polar surface area (TPSA) is 30.5 Å². The van der Waals surface area contributed by atoms with Gasteiger partial charge in [-0.15, -0.1) is 0 Å². The van der Waals surface area contributed by atoms with Gasteiger partial charge in [-0.3, -0.25) is 0 Å². The quantitative estimate of drug-likeness (QED) is 0.815. The largest absolute Gasteiger partial charge is 0.375 e. The second-order valence-corrected chi connectivity index (χ2v) is 6.15. The minimum Gasteiger partial charge on any atom is -0.375 e. The summed E-state index contributed by atoms with van der Waals surface area (Å²) in [6.45, 7) is 2.06. The monoisotopic (exact) mass is 239 g/mol. The first-order chi connectivity index (χ1) is 8.30. The van der Waals surface area contributed by atoms with Crippen molar-refractivity contribution in [2.45, 2.75) is 62.8 Å². The molecule has 0 radical (unpaired) electrons. The van der Waals surface area contributed by atoms with Gasteiger partial charge in [0, 0.05) is 13.0 Å². The van der Waals surface area contributed by atoms with Crippen LogP contribution in [0.2, 0.25) is 0 Å². The Labute approximate surface area is 104 Å². The fraction of sp³-hybridized carbons (Fsp3) is 1.00. The van der Waals surface area contributed by atoms with E-state index >= 15 is 0 Å². The van der Waals surface area contributed by atoms with Crippen LogP contribution in [-0.2, 0) is 9.47 Å². The van der Waals surface area contributed by atoms with Crippen LogP contribution in [0.4, 0.5) is 0 Å². The Balaban J connectivity index is 1.41. The zero-order valence-corrected chi connectivity index (χ0v) is 10.9. The molecule has 1 unspecified atom stereocenters. The molecule has 3 heteroatoms. The molecule has 0 aromatic heterocycles. The molecule has 1 saturated heterocycles. The van der Waals surface area contributed by atoms with E-state index in [9.17, 15) is 0 Å². The zero-order valence-electron chi connectivity index (χ0n) is 10.9. The molecule has 0 aromatic carbocycles. The highest BCUT2D eigenvalue weighted by Crippen LogP contribution is 2.44. The van der Waals surface area contributed by atoms with Gasteiger partial charge in [-0.1, -0.05) is 0 Å². The average Bonchev–Trinajstić information content (AvgIpc) is 2.25. The molecule has 1 spiro atoms. The van der Waals surface area contributed by atoms with Crippen molar-refractivity contribution in [3.63, 3.8) is 0 Å². The maximum absolute atomic E-state index is 6.23. The molecule has 17 heavy (non-hydrogen) atoms. The van der Waals surface area contributed by atoms with Crippen molar-refractivity contribution in [1.82, 2.24) is 5.32 Å². The molecule has 2 saturated carbocycles. The fourth-order valence-corrected chi connectivity index (χ4v) is 3.53. The van der Waals surface area contributed by atoms with Gasteiger partial charge < -0.3 is 14.8 Å². The highest BCUT2D eigenvalue weighted by atomic mass is 16.5. The minimum atomic E-state index is 0.233. The first-order valence-electron chi connectivity index (χ1n) is 7.24. The van der Waals surface area contributed by atoms with Gasteiger partial charge in [0.15, 0.2) is 0 Å². The van der Waals surface area contributed by atoms with E-state index in [1.54, 1.807) is 0 Å². The van der Waals surface area contributed by atoms with Crippen LogP contribution in [0.25, 0.3) is 0 Å². The third-order valence-corrected chi connectivity index (χ3v) is 4.78. The molecule has 1 heterocycles. The highest BCUT2D eigenvalue weighted by molar-refractivity contribution is 4.95. The van der Waals surface area contributed by atoms with Crippen LogP contribution in [0.15, 0.2) is 0 Å². The molecule has 3 fully saturated rings. The van der Waals surface area contributed by atoms with Crippen LogP contribution < -0.4 is 5.32 Å². The van der Waals surface area contributed by atoms with Crippen molar-refractivity contribution < 1.29 is 9.47 Å². The number of hydrogen-bond acceptors (Lipinski definition) is 3. The second-order valence-electron chi connectivity index (χ2n) is 6.15. The molecule has 1 atom stereocenters. The van der Waals surface area contributed by atoms with Gasteiger partial charge in [0.25, 0.3) is 0 Å². The Morgan fingerprint density at radius 3 is 2.76 bits per heavy atom. The van der Waals surface area contributed by atoms with Crippen molar-refractivity contribution in [3.05, 3.63) is 0 Å². The van der Waals surface area contributed by atoms with E-state index in [2.05, 4.69) is 5.32 Å². The Morgan fingerprint density at radius 2 is 2.12 bits per heavy atom. The molecule has 1 N–H and O–H groups in total. The van der Waals surface area contributed by atoms with Crippen molar-refractivity contribution >= 4 is 0 Å². The summed E-state index contributed by atoms with van der Waals surface area (Å²) >= 11 is 0. The van der Waals surface area contributed by atoms with Gasteiger partial charge in [0.05, 0.1) is 17.8 Å². The zero-order chi connectivity index (χ0) is 11.7. The molecule has 0 aromatic rings. The molecule has 3 rings (SSSR count). The van der Waals surface area contributed by atoms with E-state index in [0.717, 1.165) is 31.9 Å².